The highest BCUT2D eigenvalue weighted by Gasteiger charge is 2.33. The standard InChI is InChI=1S/C18H23N3O2/c1-13(22)20-17(16-5-3-4-6-16)18(23)21(2)12-15-9-7-14(11-19)8-10-15/h7-10,16-17H,3-6,12H2,1-2H3,(H,20,22). The number of carbonyl (C=O) groups is 2. The van der Waals surface area contributed by atoms with Crippen molar-refractivity contribution in [1.29, 1.82) is 5.26 Å². The molecule has 0 aliphatic heterocycles. The highest BCUT2D eigenvalue weighted by atomic mass is 16.2. The predicted octanol–water partition coefficient (Wildman–Crippen LogP) is 2.21. The molecular weight excluding hydrogens is 290 g/mol. The first-order valence-electron chi connectivity index (χ1n) is 8.02. The van der Waals surface area contributed by atoms with Crippen molar-refractivity contribution in [2.24, 2.45) is 5.92 Å². The molecule has 1 aliphatic carbocycles. The number of nitriles is 1. The molecule has 0 saturated heterocycles. The molecule has 0 aromatic heterocycles. The second-order valence-corrected chi connectivity index (χ2v) is 6.23. The maximum absolute atomic E-state index is 12.8. The highest BCUT2D eigenvalue weighted by molar-refractivity contribution is 5.87. The second kappa shape index (κ2) is 7.77. The van der Waals surface area contributed by atoms with E-state index in [4.69, 9.17) is 5.26 Å². The molecule has 1 fully saturated rings. The van der Waals surface area contributed by atoms with E-state index in [0.29, 0.717) is 12.1 Å². The van der Waals surface area contributed by atoms with E-state index in [9.17, 15) is 9.59 Å². The molecule has 1 unspecified atom stereocenters. The van der Waals surface area contributed by atoms with Gasteiger partial charge in [0.15, 0.2) is 0 Å². The highest BCUT2D eigenvalue weighted by Crippen LogP contribution is 2.28. The van der Waals surface area contributed by atoms with Crippen molar-refractivity contribution in [3.63, 3.8) is 0 Å². The van der Waals surface area contributed by atoms with E-state index >= 15 is 0 Å². The van der Waals surface area contributed by atoms with Crippen LogP contribution in [0.15, 0.2) is 24.3 Å². The van der Waals surface area contributed by atoms with Gasteiger partial charge in [-0.05, 0) is 36.5 Å². The molecule has 0 bridgehead atoms. The van der Waals surface area contributed by atoms with E-state index in [2.05, 4.69) is 11.4 Å². The lowest BCUT2D eigenvalue weighted by Gasteiger charge is -2.28. The largest absolute Gasteiger partial charge is 0.344 e. The van der Waals surface area contributed by atoms with Crippen molar-refractivity contribution in [2.75, 3.05) is 7.05 Å². The number of carbonyl (C=O) groups excluding carboxylic acids is 2. The Morgan fingerprint density at radius 3 is 2.43 bits per heavy atom. The Kier molecular flexibility index (Phi) is 5.75. The van der Waals surface area contributed by atoms with Gasteiger partial charge in [-0.3, -0.25) is 9.59 Å². The quantitative estimate of drug-likeness (QED) is 0.906. The summed E-state index contributed by atoms with van der Waals surface area (Å²) in [5.41, 5.74) is 1.57. The van der Waals surface area contributed by atoms with Crippen LogP contribution in [0, 0.1) is 17.2 Å². The third-order valence-electron chi connectivity index (χ3n) is 4.38. The van der Waals surface area contributed by atoms with E-state index in [1.165, 1.54) is 6.92 Å². The van der Waals surface area contributed by atoms with Crippen molar-refractivity contribution in [2.45, 2.75) is 45.2 Å². The SMILES string of the molecule is CC(=O)NC(C(=O)N(C)Cc1ccc(C#N)cc1)C1CCCC1. The first-order chi connectivity index (χ1) is 11.0. The third-order valence-corrected chi connectivity index (χ3v) is 4.38. The normalized spacial score (nSPS) is 15.7. The smallest absolute Gasteiger partial charge is 0.245 e. The monoisotopic (exact) mass is 313 g/mol. The Balaban J connectivity index is 2.04. The van der Waals surface area contributed by atoms with E-state index < -0.39 is 6.04 Å². The van der Waals surface area contributed by atoms with Crippen molar-refractivity contribution < 1.29 is 9.59 Å². The predicted molar refractivity (Wildman–Crippen MR) is 87.2 cm³/mol. The fourth-order valence-electron chi connectivity index (χ4n) is 3.16. The maximum Gasteiger partial charge on any atom is 0.245 e. The van der Waals surface area contributed by atoms with Crippen LogP contribution >= 0.6 is 0 Å². The van der Waals surface area contributed by atoms with Crippen molar-refractivity contribution >= 4 is 11.8 Å². The van der Waals surface area contributed by atoms with Gasteiger partial charge in [0.1, 0.15) is 6.04 Å². The molecule has 23 heavy (non-hydrogen) atoms. The van der Waals surface area contributed by atoms with Gasteiger partial charge in [0.25, 0.3) is 0 Å². The summed E-state index contributed by atoms with van der Waals surface area (Å²) in [6.45, 7) is 1.92. The zero-order valence-electron chi connectivity index (χ0n) is 13.7. The van der Waals surface area contributed by atoms with Gasteiger partial charge in [-0.2, -0.15) is 5.26 Å². The molecule has 1 aliphatic rings. The number of rotatable bonds is 5. The van der Waals surface area contributed by atoms with Gasteiger partial charge in [-0.25, -0.2) is 0 Å². The van der Waals surface area contributed by atoms with Crippen LogP contribution in [0.3, 0.4) is 0 Å². The van der Waals surface area contributed by atoms with Crippen molar-refractivity contribution in [3.8, 4) is 6.07 Å². The number of nitrogens with zero attached hydrogens (tertiary/aromatic N) is 2. The number of hydrogen-bond donors (Lipinski definition) is 1. The Morgan fingerprint density at radius 1 is 1.30 bits per heavy atom. The molecule has 2 amide bonds. The van der Waals surface area contributed by atoms with Crippen LogP contribution in [-0.4, -0.2) is 29.8 Å². The second-order valence-electron chi connectivity index (χ2n) is 6.23. The average Bonchev–Trinajstić information content (AvgIpc) is 3.06. The summed E-state index contributed by atoms with van der Waals surface area (Å²) in [4.78, 5) is 25.9. The van der Waals surface area contributed by atoms with Crippen molar-refractivity contribution in [1.82, 2.24) is 10.2 Å². The number of nitrogens with one attached hydrogen (secondary N) is 1. The Bertz CT molecular complexity index is 598. The summed E-state index contributed by atoms with van der Waals surface area (Å²) in [6.07, 6.45) is 4.21. The van der Waals surface area contributed by atoms with Gasteiger partial charge in [0, 0.05) is 20.5 Å². The Hall–Kier alpha value is -2.35. The van der Waals surface area contributed by atoms with Crippen LogP contribution in [0.5, 0.6) is 0 Å². The number of hydrogen-bond acceptors (Lipinski definition) is 3. The van der Waals surface area contributed by atoms with Crippen LogP contribution in [0.1, 0.15) is 43.7 Å². The number of amides is 2. The number of likely N-dealkylation sites (N-methyl/N-ethyl adjacent to an activating group) is 1. The maximum atomic E-state index is 12.8. The molecule has 0 radical (unpaired) electrons. The molecule has 1 atom stereocenters. The van der Waals surface area contributed by atoms with Crippen LogP contribution in [-0.2, 0) is 16.1 Å². The molecule has 0 spiro atoms. The van der Waals surface area contributed by atoms with E-state index in [-0.39, 0.29) is 17.7 Å². The molecule has 1 aromatic carbocycles. The van der Waals surface area contributed by atoms with Gasteiger partial charge in [0.2, 0.25) is 11.8 Å². The van der Waals surface area contributed by atoms with Crippen LogP contribution < -0.4 is 5.32 Å². The summed E-state index contributed by atoms with van der Waals surface area (Å²) in [5, 5.41) is 11.7. The van der Waals surface area contributed by atoms with Gasteiger partial charge < -0.3 is 10.2 Å². The zero-order chi connectivity index (χ0) is 16.8. The molecule has 5 heteroatoms. The minimum Gasteiger partial charge on any atom is -0.344 e. The molecule has 1 aromatic rings. The summed E-state index contributed by atoms with van der Waals surface area (Å²) in [6, 6.07) is 8.84. The fraction of sp³-hybridized carbons (Fsp3) is 0.500. The summed E-state index contributed by atoms with van der Waals surface area (Å²) in [5.74, 6) is 0.0216. The van der Waals surface area contributed by atoms with Gasteiger partial charge in [-0.15, -0.1) is 0 Å². The summed E-state index contributed by atoms with van der Waals surface area (Å²) in [7, 11) is 1.75. The fourth-order valence-corrected chi connectivity index (χ4v) is 3.16. The molecule has 5 nitrogen and oxygen atoms in total. The minimum atomic E-state index is -0.432. The van der Waals surface area contributed by atoms with Gasteiger partial charge in [0.05, 0.1) is 11.6 Å². The summed E-state index contributed by atoms with van der Waals surface area (Å²) >= 11 is 0. The molecular formula is C18H23N3O2. The van der Waals surface area contributed by atoms with E-state index in [0.717, 1.165) is 31.2 Å². The van der Waals surface area contributed by atoms with E-state index in [1.807, 2.05) is 12.1 Å². The Morgan fingerprint density at radius 2 is 1.91 bits per heavy atom. The van der Waals surface area contributed by atoms with Crippen molar-refractivity contribution in [3.05, 3.63) is 35.4 Å². The Labute approximate surface area is 137 Å². The lowest BCUT2D eigenvalue weighted by atomic mass is 9.96. The molecule has 1 saturated carbocycles. The van der Waals surface area contributed by atoms with E-state index in [1.54, 1.807) is 24.1 Å². The molecule has 2 rings (SSSR count). The molecule has 1 N–H and O–H groups in total. The third kappa shape index (κ3) is 4.56. The van der Waals surface area contributed by atoms with Crippen LogP contribution in [0.25, 0.3) is 0 Å². The topological polar surface area (TPSA) is 73.2 Å². The average molecular weight is 313 g/mol. The lowest BCUT2D eigenvalue weighted by Crippen LogP contribution is -2.50. The number of benzene rings is 1. The molecule has 0 heterocycles. The first kappa shape index (κ1) is 17.0. The van der Waals surface area contributed by atoms with Crippen LogP contribution in [0.4, 0.5) is 0 Å². The van der Waals surface area contributed by atoms with Crippen LogP contribution in [0.2, 0.25) is 0 Å². The molecule has 122 valence electrons. The first-order valence-corrected chi connectivity index (χ1v) is 8.02. The minimum absolute atomic E-state index is 0.0449. The zero-order valence-corrected chi connectivity index (χ0v) is 13.7. The lowest BCUT2D eigenvalue weighted by molar-refractivity contribution is -0.137. The van der Waals surface area contributed by atoms with Gasteiger partial charge >= 0.3 is 0 Å². The van der Waals surface area contributed by atoms with Gasteiger partial charge in [-0.1, -0.05) is 25.0 Å². The summed E-state index contributed by atoms with van der Waals surface area (Å²) < 4.78 is 0.